The maximum absolute atomic E-state index is 13.1. The minimum absolute atomic E-state index is 0.00212. The molecule has 55 heavy (non-hydrogen) atoms. The van der Waals surface area contributed by atoms with Crippen LogP contribution in [0.3, 0.4) is 0 Å². The number of aromatic amines is 1. The highest BCUT2D eigenvalue weighted by Gasteiger charge is 2.15. The highest BCUT2D eigenvalue weighted by atomic mass is 32.2. The lowest BCUT2D eigenvalue weighted by molar-refractivity contribution is 0.0697. The topological polar surface area (TPSA) is 259 Å². The van der Waals surface area contributed by atoms with E-state index in [-0.39, 0.29) is 47.2 Å². The average molecular weight is 803 g/mol. The number of rotatable bonds is 14. The summed E-state index contributed by atoms with van der Waals surface area (Å²) in [4.78, 5) is 24.3. The third-order valence-corrected chi connectivity index (χ3v) is 9.94. The van der Waals surface area contributed by atoms with Crippen LogP contribution >= 0.6 is 24.0 Å². The van der Waals surface area contributed by atoms with E-state index in [1.54, 1.807) is 56.3 Å². The van der Waals surface area contributed by atoms with Gasteiger partial charge in [-0.3, -0.25) is 14.4 Å². The first kappa shape index (κ1) is 38.6. The van der Waals surface area contributed by atoms with E-state index in [4.69, 9.17) is 14.4 Å². The van der Waals surface area contributed by atoms with Crippen molar-refractivity contribution in [3.63, 3.8) is 0 Å². The number of carboxylic acids is 1. The zero-order valence-electron chi connectivity index (χ0n) is 28.9. The summed E-state index contributed by atoms with van der Waals surface area (Å²) in [6.07, 6.45) is -0.00212. The Morgan fingerprint density at radius 1 is 0.927 bits per heavy atom. The molecule has 0 fully saturated rings. The van der Waals surface area contributed by atoms with E-state index in [0.29, 0.717) is 55.0 Å². The molecule has 0 saturated carbocycles. The molecule has 0 atom stereocenters. The van der Waals surface area contributed by atoms with E-state index < -0.39 is 27.4 Å². The zero-order chi connectivity index (χ0) is 39.3. The van der Waals surface area contributed by atoms with Crippen molar-refractivity contribution in [3.8, 4) is 17.2 Å². The zero-order valence-corrected chi connectivity index (χ0v) is 31.4. The van der Waals surface area contributed by atoms with E-state index in [9.17, 15) is 23.1 Å². The molecule has 0 saturated heterocycles. The molecule has 0 amide bonds. The van der Waals surface area contributed by atoms with E-state index in [0.717, 1.165) is 0 Å². The molecule has 6 rings (SSSR count). The van der Waals surface area contributed by atoms with Gasteiger partial charge in [-0.15, -0.1) is 35.8 Å². The fourth-order valence-corrected chi connectivity index (χ4v) is 6.33. The minimum atomic E-state index is -4.19. The Bertz CT molecular complexity index is 2670. The summed E-state index contributed by atoms with van der Waals surface area (Å²) in [5.41, 5.74) is 2.39. The molecule has 21 heteroatoms. The first-order valence-electron chi connectivity index (χ1n) is 16.1. The predicted octanol–water partition coefficient (Wildman–Crippen LogP) is 8.52. The molecule has 0 radical (unpaired) electrons. The van der Waals surface area contributed by atoms with Gasteiger partial charge >= 0.3 is 5.97 Å². The number of ether oxygens (including phenoxy) is 1. The van der Waals surface area contributed by atoms with Crippen LogP contribution in [0.2, 0.25) is 0 Å². The number of nitrogens with zero attached hydrogens (tertiary/aromatic N) is 9. The van der Waals surface area contributed by atoms with Gasteiger partial charge in [0.1, 0.15) is 22.1 Å². The number of carboxylic acid groups (broad SMARTS) is 1. The summed E-state index contributed by atoms with van der Waals surface area (Å²) in [5, 5.41) is 58.5. The third kappa shape index (κ3) is 9.32. The molecule has 0 aliphatic heterocycles. The van der Waals surface area contributed by atoms with Crippen LogP contribution < -0.4 is 10.3 Å². The van der Waals surface area contributed by atoms with E-state index in [1.807, 2.05) is 0 Å². The van der Waals surface area contributed by atoms with Crippen molar-refractivity contribution in [3.05, 3.63) is 98.9 Å². The molecule has 0 aliphatic rings. The van der Waals surface area contributed by atoms with Crippen LogP contribution in [0.15, 0.2) is 102 Å². The smallest absolute Gasteiger partial charge is 0.335 e. The number of thiol groups is 1. The molecule has 2 heterocycles. The highest BCUT2D eigenvalue weighted by molar-refractivity contribution is 7.85. The van der Waals surface area contributed by atoms with Crippen molar-refractivity contribution in [2.75, 3.05) is 12.4 Å². The fraction of sp³-hybridized carbons (Fsp3) is 0.176. The van der Waals surface area contributed by atoms with Gasteiger partial charge in [-0.2, -0.15) is 26.2 Å². The van der Waals surface area contributed by atoms with Gasteiger partial charge < -0.3 is 14.9 Å². The lowest BCUT2D eigenvalue weighted by Crippen LogP contribution is -2.14. The monoisotopic (exact) mass is 802 g/mol. The molecule has 6 aromatic rings. The summed E-state index contributed by atoms with van der Waals surface area (Å²) in [6.45, 7) is 3.35. The number of aromatic carboxylic acids is 1. The second kappa shape index (κ2) is 16.5. The molecule has 2 aromatic heterocycles. The number of aromatic hydroxyl groups is 1. The van der Waals surface area contributed by atoms with Crippen molar-refractivity contribution < 1.29 is 32.7 Å². The number of benzene rings is 4. The number of azo groups is 3. The Labute approximate surface area is 321 Å². The Balaban J connectivity index is 1.23. The summed E-state index contributed by atoms with van der Waals surface area (Å²) in [6, 6.07) is 17.1. The van der Waals surface area contributed by atoms with Crippen LogP contribution in [-0.4, -0.2) is 61.5 Å². The van der Waals surface area contributed by atoms with Gasteiger partial charge in [0, 0.05) is 17.2 Å². The van der Waals surface area contributed by atoms with E-state index in [1.165, 1.54) is 40.3 Å². The second-order valence-electron chi connectivity index (χ2n) is 11.7. The van der Waals surface area contributed by atoms with Crippen LogP contribution in [-0.2, 0) is 15.9 Å². The number of phenolic OH excluding ortho intramolecular Hbond substituents is 1. The summed E-state index contributed by atoms with van der Waals surface area (Å²) < 4.78 is 38.6. The Morgan fingerprint density at radius 3 is 2.38 bits per heavy atom. The number of nitrogens with one attached hydrogen (secondary N) is 1. The molecule has 0 spiro atoms. The largest absolute Gasteiger partial charge is 0.505 e. The quantitative estimate of drug-likeness (QED) is 0.0303. The van der Waals surface area contributed by atoms with Gasteiger partial charge in [0.2, 0.25) is 0 Å². The fourth-order valence-electron chi connectivity index (χ4n) is 5.07. The van der Waals surface area contributed by atoms with E-state index >= 15 is 0 Å². The third-order valence-electron chi connectivity index (χ3n) is 7.81. The highest BCUT2D eigenvalue weighted by Crippen LogP contribution is 2.40. The van der Waals surface area contributed by atoms with Crippen molar-refractivity contribution in [2.24, 2.45) is 30.7 Å². The minimum Gasteiger partial charge on any atom is -0.505 e. The first-order chi connectivity index (χ1) is 26.3. The molecular weight excluding hydrogens is 773 g/mol. The number of phenols is 1. The average Bonchev–Trinajstić information content (AvgIpc) is 3.74. The van der Waals surface area contributed by atoms with Crippen LogP contribution in [0.25, 0.3) is 16.5 Å². The SMILES string of the molecule is Cc1cc(N=Nc2ccc3cc(N=Nc4c(C)[nH]n(-c5ccc(C(=O)O)cc5)c4=O)ccc3c2O)c(OCCCS(=O)(=O)O)cc1N=Nc1nnc(CS)s1. The molecule has 4 N–H and O–H groups in total. The Kier molecular flexibility index (Phi) is 11.5. The Hall–Kier alpha value is -6.16. The number of aromatic nitrogens is 4. The predicted molar refractivity (Wildman–Crippen MR) is 207 cm³/mol. The summed E-state index contributed by atoms with van der Waals surface area (Å²) in [5.74, 6) is -1.15. The molecule has 0 bridgehead atoms. The Morgan fingerprint density at radius 2 is 1.67 bits per heavy atom. The number of hydrogen-bond donors (Lipinski definition) is 5. The standard InChI is InChI=1S/C34H30N10O8S3/c1-18-14-27(28(52-12-3-13-55(49,50)51)16-26(18)37-41-34-42-39-29(17-53)54-34)38-36-25-11-6-21-15-22(7-10-24(21)31(25)45)35-40-30-19(2)43-44(32(30)46)23-8-4-20(5-9-23)33(47)48/h4-11,14-16,43,45,53H,3,12-13,17H2,1-2H3,(H,47,48)(H,49,50,51). The van der Waals surface area contributed by atoms with Crippen molar-refractivity contribution in [1.29, 1.82) is 0 Å². The molecule has 4 aromatic carbocycles. The van der Waals surface area contributed by atoms with Gasteiger partial charge in [-0.25, -0.2) is 9.48 Å². The maximum Gasteiger partial charge on any atom is 0.335 e. The van der Waals surface area contributed by atoms with Crippen LogP contribution in [0, 0.1) is 13.8 Å². The number of H-pyrrole nitrogens is 1. The molecule has 18 nitrogen and oxygen atoms in total. The van der Waals surface area contributed by atoms with Crippen molar-refractivity contribution >= 4 is 84.4 Å². The molecule has 0 unspecified atom stereocenters. The number of fused-ring (bicyclic) bond motifs is 1. The van der Waals surface area contributed by atoms with Crippen LogP contribution in [0.4, 0.5) is 33.6 Å². The summed E-state index contributed by atoms with van der Waals surface area (Å²) in [7, 11) is -4.19. The number of aryl methyl sites for hydroxylation is 2. The summed E-state index contributed by atoms with van der Waals surface area (Å²) >= 11 is 5.41. The lowest BCUT2D eigenvalue weighted by Gasteiger charge is -2.11. The van der Waals surface area contributed by atoms with Crippen LogP contribution in [0.1, 0.15) is 33.0 Å². The van der Waals surface area contributed by atoms with Gasteiger partial charge in [0.25, 0.3) is 20.8 Å². The number of hydrogen-bond acceptors (Lipinski definition) is 16. The normalized spacial score (nSPS) is 12.1. The molecular formula is C34H30N10O8S3. The van der Waals surface area contributed by atoms with Crippen molar-refractivity contribution in [2.45, 2.75) is 26.0 Å². The van der Waals surface area contributed by atoms with Gasteiger partial charge in [0.05, 0.1) is 40.7 Å². The lowest BCUT2D eigenvalue weighted by atomic mass is 10.1. The first-order valence-corrected chi connectivity index (χ1v) is 19.2. The maximum atomic E-state index is 13.1. The number of carbonyl (C=O) groups is 1. The van der Waals surface area contributed by atoms with Crippen molar-refractivity contribution in [1.82, 2.24) is 20.0 Å². The van der Waals surface area contributed by atoms with E-state index in [2.05, 4.69) is 58.6 Å². The molecule has 0 aliphatic carbocycles. The van der Waals surface area contributed by atoms with Gasteiger partial charge in [-0.1, -0.05) is 17.4 Å². The van der Waals surface area contributed by atoms with Gasteiger partial charge in [-0.05, 0) is 85.8 Å². The molecule has 282 valence electrons. The second-order valence-corrected chi connectivity index (χ2v) is 14.7. The van der Waals surface area contributed by atoms with Crippen LogP contribution in [0.5, 0.6) is 11.5 Å². The van der Waals surface area contributed by atoms with Gasteiger partial charge in [0.15, 0.2) is 11.4 Å².